The van der Waals surface area contributed by atoms with Gasteiger partial charge < -0.3 is 10.0 Å². The van der Waals surface area contributed by atoms with E-state index in [1.165, 1.54) is 4.90 Å². The average Bonchev–Trinajstić information content (AvgIpc) is 3.13. The van der Waals surface area contributed by atoms with Gasteiger partial charge >= 0.3 is 0 Å². The first-order chi connectivity index (χ1) is 14.2. The fourth-order valence-electron chi connectivity index (χ4n) is 4.01. The maximum Gasteiger partial charge on any atom is 0.264 e. The number of H-pyrrole nitrogens is 1. The van der Waals surface area contributed by atoms with Crippen LogP contribution in [0.5, 0.6) is 0 Å². The number of fused-ring (bicyclic) bond motifs is 1. The molecule has 1 amide bonds. The maximum atomic E-state index is 13.4. The fourth-order valence-corrected chi connectivity index (χ4v) is 4.18. The Hall–Kier alpha value is -2.96. The van der Waals surface area contributed by atoms with Crippen LogP contribution in [0, 0.1) is 20.8 Å². The molecular weight excluding hydrogens is 402 g/mol. The Morgan fingerprint density at radius 3 is 2.50 bits per heavy atom. The predicted octanol–water partition coefficient (Wildman–Crippen LogP) is 4.00. The van der Waals surface area contributed by atoms with Crippen molar-refractivity contribution in [2.45, 2.75) is 39.3 Å². The topological polar surface area (TPSA) is 86.3 Å². The second-order valence-electron chi connectivity index (χ2n) is 7.81. The van der Waals surface area contributed by atoms with Crippen molar-refractivity contribution in [1.29, 1.82) is 0 Å². The number of rotatable bonds is 5. The predicted molar refractivity (Wildman–Crippen MR) is 115 cm³/mol. The van der Waals surface area contributed by atoms with Gasteiger partial charge in [-0.3, -0.25) is 14.7 Å². The van der Waals surface area contributed by atoms with Gasteiger partial charge in [0.15, 0.2) is 11.4 Å². The monoisotopic (exact) mass is 423 g/mol. The molecule has 0 spiro atoms. The molecule has 1 aromatic heterocycles. The van der Waals surface area contributed by atoms with Crippen LogP contribution in [0.3, 0.4) is 0 Å². The Morgan fingerprint density at radius 1 is 1.17 bits per heavy atom. The van der Waals surface area contributed by atoms with Crippen LogP contribution in [0.1, 0.15) is 44.9 Å². The third-order valence-electron chi connectivity index (χ3n) is 5.58. The molecule has 154 valence electrons. The van der Waals surface area contributed by atoms with Crippen molar-refractivity contribution in [3.63, 3.8) is 0 Å². The minimum absolute atomic E-state index is 0.286. The van der Waals surface area contributed by atoms with Gasteiger partial charge in [0, 0.05) is 16.3 Å². The normalized spacial score (nSPS) is 18.0. The summed E-state index contributed by atoms with van der Waals surface area (Å²) in [6, 6.07) is 12.8. The molecule has 2 N–H and O–H groups in total. The van der Waals surface area contributed by atoms with Gasteiger partial charge in [-0.1, -0.05) is 41.4 Å². The van der Waals surface area contributed by atoms with E-state index in [0.29, 0.717) is 33.2 Å². The Labute approximate surface area is 179 Å². The highest BCUT2D eigenvalue weighted by atomic mass is 35.5. The van der Waals surface area contributed by atoms with Gasteiger partial charge in [-0.15, -0.1) is 0 Å². The molecule has 0 unspecified atom stereocenters. The summed E-state index contributed by atoms with van der Waals surface area (Å²) in [4.78, 5) is 27.9. The Balaban J connectivity index is 1.73. The van der Waals surface area contributed by atoms with Crippen LogP contribution in [0.2, 0.25) is 5.02 Å². The number of aliphatic hydroxyl groups is 1. The van der Waals surface area contributed by atoms with Gasteiger partial charge in [0.25, 0.3) is 5.91 Å². The number of aryl methyl sites for hydroxylation is 3. The molecule has 3 aromatic rings. The number of aromatic nitrogens is 2. The number of nitrogens with one attached hydrogen (secondary N) is 1. The van der Waals surface area contributed by atoms with Crippen molar-refractivity contribution in [3.8, 4) is 0 Å². The van der Waals surface area contributed by atoms with E-state index in [9.17, 15) is 14.7 Å². The number of hydrogen-bond acceptors (Lipinski definition) is 4. The van der Waals surface area contributed by atoms with Crippen molar-refractivity contribution in [2.24, 2.45) is 0 Å². The molecule has 7 heteroatoms. The zero-order valence-corrected chi connectivity index (χ0v) is 17.7. The number of ketones is 1. The summed E-state index contributed by atoms with van der Waals surface area (Å²) in [7, 11) is 0. The van der Waals surface area contributed by atoms with Crippen LogP contribution >= 0.6 is 11.6 Å². The van der Waals surface area contributed by atoms with Crippen molar-refractivity contribution in [3.05, 3.63) is 81.1 Å². The molecule has 2 aromatic carbocycles. The summed E-state index contributed by atoms with van der Waals surface area (Å²) in [5, 5.41) is 18.7. The zero-order valence-electron chi connectivity index (χ0n) is 17.0. The molecule has 0 radical (unpaired) electrons. The molecule has 1 atom stereocenters. The van der Waals surface area contributed by atoms with Gasteiger partial charge in [-0.05, 0) is 44.5 Å². The van der Waals surface area contributed by atoms with Gasteiger partial charge in [0.2, 0.25) is 0 Å². The van der Waals surface area contributed by atoms with Crippen LogP contribution < -0.4 is 4.90 Å². The van der Waals surface area contributed by atoms with Crippen LogP contribution in [0.4, 0.5) is 5.69 Å². The summed E-state index contributed by atoms with van der Waals surface area (Å²) < 4.78 is 0. The van der Waals surface area contributed by atoms with Crippen molar-refractivity contribution in [1.82, 2.24) is 10.2 Å². The van der Waals surface area contributed by atoms with Gasteiger partial charge in [-0.2, -0.15) is 5.10 Å². The van der Waals surface area contributed by atoms with E-state index >= 15 is 0 Å². The molecule has 0 saturated carbocycles. The average molecular weight is 424 g/mol. The molecule has 2 heterocycles. The number of benzene rings is 2. The number of carbonyl (C=O) groups excluding carboxylic acids is 2. The molecule has 1 aliphatic rings. The van der Waals surface area contributed by atoms with Crippen LogP contribution in [0.25, 0.3) is 0 Å². The number of nitrogens with zero attached hydrogens (tertiary/aromatic N) is 2. The lowest BCUT2D eigenvalue weighted by molar-refractivity contribution is -0.136. The number of carbonyl (C=O) groups is 2. The highest BCUT2D eigenvalue weighted by Crippen LogP contribution is 2.45. The van der Waals surface area contributed by atoms with Gasteiger partial charge in [0.1, 0.15) is 0 Å². The Kier molecular flexibility index (Phi) is 5.00. The molecule has 1 aliphatic heterocycles. The fraction of sp³-hybridized carbons (Fsp3) is 0.261. The maximum absolute atomic E-state index is 13.4. The molecule has 0 aliphatic carbocycles. The van der Waals surface area contributed by atoms with E-state index in [4.69, 9.17) is 11.6 Å². The van der Waals surface area contributed by atoms with Gasteiger partial charge in [0.05, 0.1) is 29.9 Å². The molecule has 0 saturated heterocycles. The number of halogens is 1. The van der Waals surface area contributed by atoms with Crippen LogP contribution in [-0.2, 0) is 16.9 Å². The lowest BCUT2D eigenvalue weighted by Crippen LogP contribution is -2.41. The van der Waals surface area contributed by atoms with Crippen molar-refractivity contribution in [2.75, 3.05) is 4.90 Å². The molecule has 30 heavy (non-hydrogen) atoms. The van der Waals surface area contributed by atoms with Crippen LogP contribution in [0.15, 0.2) is 42.5 Å². The van der Waals surface area contributed by atoms with E-state index in [1.54, 1.807) is 32.0 Å². The van der Waals surface area contributed by atoms with Crippen molar-refractivity contribution >= 4 is 29.0 Å². The summed E-state index contributed by atoms with van der Waals surface area (Å²) in [6.07, 6.45) is -0.384. The highest BCUT2D eigenvalue weighted by molar-refractivity contribution is 6.31. The van der Waals surface area contributed by atoms with Gasteiger partial charge in [-0.25, -0.2) is 0 Å². The summed E-state index contributed by atoms with van der Waals surface area (Å²) in [5.41, 5.74) is 2.50. The lowest BCUT2D eigenvalue weighted by atomic mass is 9.87. The molecule has 0 bridgehead atoms. The number of Topliss-reactive ketones (excluding diaryl/α,β-unsaturated/α-hetero) is 1. The third-order valence-corrected chi connectivity index (χ3v) is 5.81. The summed E-state index contributed by atoms with van der Waals surface area (Å²) in [5.74, 6) is -0.884. The van der Waals surface area contributed by atoms with Crippen LogP contribution in [-0.4, -0.2) is 27.0 Å². The zero-order chi connectivity index (χ0) is 21.6. The van der Waals surface area contributed by atoms with E-state index in [1.807, 2.05) is 31.2 Å². The lowest BCUT2D eigenvalue weighted by Gasteiger charge is -2.23. The molecule has 0 fully saturated rings. The SMILES string of the molecule is Cc1ccc(CN2C(=O)[C@](O)(CC(=O)c3c(C)n[nH]c3C)c3cc(Cl)ccc32)cc1. The van der Waals surface area contributed by atoms with E-state index in [0.717, 1.165) is 11.1 Å². The quantitative estimate of drug-likeness (QED) is 0.607. The standard InChI is InChI=1S/C23H22ClN3O3/c1-13-4-6-16(7-5-13)12-27-19-9-8-17(24)10-18(19)23(30,22(27)29)11-20(28)21-14(2)25-26-15(21)3/h4-10,30H,11-12H2,1-3H3,(H,25,26)/t23-/m0/s1. The van der Waals surface area contributed by atoms with E-state index in [2.05, 4.69) is 10.2 Å². The first-order valence-electron chi connectivity index (χ1n) is 9.65. The summed E-state index contributed by atoms with van der Waals surface area (Å²) in [6.45, 7) is 5.73. The first-order valence-corrected chi connectivity index (χ1v) is 10.0. The number of anilines is 1. The third kappa shape index (κ3) is 3.32. The minimum atomic E-state index is -1.99. The van der Waals surface area contributed by atoms with Crippen molar-refractivity contribution < 1.29 is 14.7 Å². The Bertz CT molecular complexity index is 1130. The molecule has 6 nitrogen and oxygen atoms in total. The second kappa shape index (κ2) is 7.38. The summed E-state index contributed by atoms with van der Waals surface area (Å²) >= 11 is 6.17. The number of aromatic amines is 1. The number of hydrogen-bond donors (Lipinski definition) is 2. The number of amides is 1. The van der Waals surface area contributed by atoms with E-state index in [-0.39, 0.29) is 18.7 Å². The first kappa shape index (κ1) is 20.3. The Morgan fingerprint density at radius 2 is 1.87 bits per heavy atom. The van der Waals surface area contributed by atoms with E-state index < -0.39 is 11.5 Å². The highest BCUT2D eigenvalue weighted by Gasteiger charge is 2.51. The largest absolute Gasteiger partial charge is 0.375 e. The minimum Gasteiger partial charge on any atom is -0.375 e. The smallest absolute Gasteiger partial charge is 0.264 e. The molecular formula is C23H22ClN3O3. The second-order valence-corrected chi connectivity index (χ2v) is 8.24. The molecule has 4 rings (SSSR count).